The zero-order chi connectivity index (χ0) is 14.5. The van der Waals surface area contributed by atoms with E-state index in [4.69, 9.17) is 4.74 Å². The number of sulfonamides is 1. The molecule has 5 nitrogen and oxygen atoms in total. The highest BCUT2D eigenvalue weighted by molar-refractivity contribution is 7.92. The van der Waals surface area contributed by atoms with Gasteiger partial charge >= 0.3 is 5.97 Å². The van der Waals surface area contributed by atoms with Gasteiger partial charge in [0.1, 0.15) is 5.75 Å². The molecule has 1 N–H and O–H groups in total. The number of anilines is 1. The largest absolute Gasteiger partial charge is 0.423 e. The van der Waals surface area contributed by atoms with E-state index in [1.165, 1.54) is 24.3 Å². The molecule has 0 unspecified atom stereocenters. The summed E-state index contributed by atoms with van der Waals surface area (Å²) < 4.78 is 30.5. The van der Waals surface area contributed by atoms with Crippen molar-refractivity contribution < 1.29 is 17.9 Å². The van der Waals surface area contributed by atoms with E-state index in [0.717, 1.165) is 0 Å². The fourth-order valence-corrected chi connectivity index (χ4v) is 2.42. The van der Waals surface area contributed by atoms with Gasteiger partial charge in [-0.1, -0.05) is 13.5 Å². The van der Waals surface area contributed by atoms with E-state index in [2.05, 4.69) is 11.3 Å². The molecule has 0 spiro atoms. The molecule has 0 saturated heterocycles. The van der Waals surface area contributed by atoms with Gasteiger partial charge in [0.15, 0.2) is 0 Å². The predicted octanol–water partition coefficient (Wildman–Crippen LogP) is 2.32. The maximum absolute atomic E-state index is 11.5. The van der Waals surface area contributed by atoms with E-state index >= 15 is 0 Å². The molecule has 1 rings (SSSR count). The fourth-order valence-electron chi connectivity index (χ4n) is 1.28. The van der Waals surface area contributed by atoms with Crippen molar-refractivity contribution in [2.24, 2.45) is 0 Å². The van der Waals surface area contributed by atoms with E-state index in [9.17, 15) is 13.2 Å². The lowest BCUT2D eigenvalue weighted by Crippen LogP contribution is -2.16. The molecule has 0 aromatic heterocycles. The van der Waals surface area contributed by atoms with E-state index in [1.54, 1.807) is 13.8 Å². The van der Waals surface area contributed by atoms with Crippen LogP contribution in [0.2, 0.25) is 0 Å². The second kappa shape index (κ2) is 6.38. The molecule has 0 aliphatic rings. The summed E-state index contributed by atoms with van der Waals surface area (Å²) in [6, 6.07) is 6.11. The molecule has 1 aromatic carbocycles. The Labute approximate surface area is 113 Å². The minimum atomic E-state index is -3.31. The summed E-state index contributed by atoms with van der Waals surface area (Å²) in [4.78, 5) is 11.3. The summed E-state index contributed by atoms with van der Waals surface area (Å²) in [7, 11) is -3.31. The smallest absolute Gasteiger partial charge is 0.338 e. The van der Waals surface area contributed by atoms with Gasteiger partial charge in [0.05, 0.1) is 5.75 Å². The molecular weight excluding hydrogens is 266 g/mol. The SMILES string of the molecule is C=C(C)C(=O)Oc1ccc(NS(=O)(=O)CCC)cc1. The first kappa shape index (κ1) is 15.2. The molecule has 0 aliphatic carbocycles. The average Bonchev–Trinajstić information content (AvgIpc) is 2.31. The van der Waals surface area contributed by atoms with Gasteiger partial charge in [-0.25, -0.2) is 13.2 Å². The Morgan fingerprint density at radius 3 is 2.37 bits per heavy atom. The number of rotatable bonds is 6. The summed E-state index contributed by atoms with van der Waals surface area (Å²) in [5.41, 5.74) is 0.733. The second-order valence-electron chi connectivity index (χ2n) is 4.12. The maximum Gasteiger partial charge on any atom is 0.338 e. The van der Waals surface area contributed by atoms with Gasteiger partial charge < -0.3 is 4.74 Å². The highest BCUT2D eigenvalue weighted by Crippen LogP contribution is 2.17. The Morgan fingerprint density at radius 1 is 1.32 bits per heavy atom. The highest BCUT2D eigenvalue weighted by atomic mass is 32.2. The van der Waals surface area contributed by atoms with E-state index in [1.807, 2.05) is 0 Å². The molecule has 6 heteroatoms. The minimum absolute atomic E-state index is 0.0688. The zero-order valence-corrected chi connectivity index (χ0v) is 11.8. The minimum Gasteiger partial charge on any atom is -0.423 e. The Balaban J connectivity index is 2.72. The van der Waals surface area contributed by atoms with E-state index in [-0.39, 0.29) is 5.75 Å². The molecule has 0 heterocycles. The van der Waals surface area contributed by atoms with Crippen LogP contribution in [0.4, 0.5) is 5.69 Å². The Morgan fingerprint density at radius 2 is 1.89 bits per heavy atom. The summed E-state index contributed by atoms with van der Waals surface area (Å²) in [5, 5.41) is 0. The lowest BCUT2D eigenvalue weighted by atomic mass is 10.3. The first-order valence-electron chi connectivity index (χ1n) is 5.82. The van der Waals surface area contributed by atoms with Crippen molar-refractivity contribution in [2.45, 2.75) is 20.3 Å². The monoisotopic (exact) mass is 283 g/mol. The molecule has 1 aromatic rings. The van der Waals surface area contributed by atoms with Crippen molar-refractivity contribution in [3.05, 3.63) is 36.4 Å². The van der Waals surface area contributed by atoms with Crippen molar-refractivity contribution >= 4 is 21.7 Å². The lowest BCUT2D eigenvalue weighted by molar-refractivity contribution is -0.130. The van der Waals surface area contributed by atoms with Crippen molar-refractivity contribution in [1.29, 1.82) is 0 Å². The lowest BCUT2D eigenvalue weighted by Gasteiger charge is -2.08. The third kappa shape index (κ3) is 5.13. The van der Waals surface area contributed by atoms with Crippen LogP contribution in [-0.2, 0) is 14.8 Å². The van der Waals surface area contributed by atoms with Crippen LogP contribution in [0, 0.1) is 0 Å². The molecule has 0 amide bonds. The number of benzene rings is 1. The van der Waals surface area contributed by atoms with Crippen LogP contribution in [0.5, 0.6) is 5.75 Å². The quantitative estimate of drug-likeness (QED) is 0.494. The van der Waals surface area contributed by atoms with Gasteiger partial charge in [0.2, 0.25) is 10.0 Å². The van der Waals surface area contributed by atoms with Crippen molar-refractivity contribution in [3.8, 4) is 5.75 Å². The predicted molar refractivity (Wildman–Crippen MR) is 74.6 cm³/mol. The number of hydrogen-bond donors (Lipinski definition) is 1. The molecule has 0 radical (unpaired) electrons. The van der Waals surface area contributed by atoms with Crippen LogP contribution in [-0.4, -0.2) is 20.1 Å². The Kier molecular flexibility index (Phi) is 5.11. The second-order valence-corrected chi connectivity index (χ2v) is 5.96. The van der Waals surface area contributed by atoms with Gasteiger partial charge in [-0.2, -0.15) is 0 Å². The van der Waals surface area contributed by atoms with Gasteiger partial charge in [0, 0.05) is 11.3 Å². The molecular formula is C13H17NO4S. The summed E-state index contributed by atoms with van der Waals surface area (Å²) in [6.07, 6.45) is 0.545. The Bertz CT molecular complexity index is 561. The molecule has 0 saturated carbocycles. The van der Waals surface area contributed by atoms with Crippen LogP contribution >= 0.6 is 0 Å². The van der Waals surface area contributed by atoms with Gasteiger partial charge in [-0.3, -0.25) is 4.72 Å². The summed E-state index contributed by atoms with van der Waals surface area (Å²) >= 11 is 0. The third-order valence-corrected chi connectivity index (χ3v) is 3.65. The van der Waals surface area contributed by atoms with Crippen molar-refractivity contribution in [3.63, 3.8) is 0 Å². The van der Waals surface area contributed by atoms with Crippen molar-refractivity contribution in [1.82, 2.24) is 0 Å². The first-order chi connectivity index (χ1) is 8.84. The van der Waals surface area contributed by atoms with Crippen LogP contribution in [0.3, 0.4) is 0 Å². The molecule has 0 aliphatic heterocycles. The molecule has 0 fully saturated rings. The number of hydrogen-bond acceptors (Lipinski definition) is 4. The molecule has 19 heavy (non-hydrogen) atoms. The van der Waals surface area contributed by atoms with Gasteiger partial charge in [-0.15, -0.1) is 0 Å². The maximum atomic E-state index is 11.5. The number of carbonyl (C=O) groups is 1. The number of nitrogens with one attached hydrogen (secondary N) is 1. The first-order valence-corrected chi connectivity index (χ1v) is 7.47. The molecule has 0 atom stereocenters. The number of esters is 1. The van der Waals surface area contributed by atoms with Gasteiger partial charge in [0.25, 0.3) is 0 Å². The summed E-state index contributed by atoms with van der Waals surface area (Å²) in [5.74, 6) is -0.106. The summed E-state index contributed by atoms with van der Waals surface area (Å²) in [6.45, 7) is 6.81. The van der Waals surface area contributed by atoms with Crippen LogP contribution in [0.25, 0.3) is 0 Å². The fraction of sp³-hybridized carbons (Fsp3) is 0.308. The van der Waals surface area contributed by atoms with Crippen LogP contribution in [0.15, 0.2) is 36.4 Å². The number of carbonyl (C=O) groups excluding carboxylic acids is 1. The van der Waals surface area contributed by atoms with Crippen LogP contribution < -0.4 is 9.46 Å². The normalized spacial score (nSPS) is 10.8. The van der Waals surface area contributed by atoms with E-state index in [0.29, 0.717) is 23.4 Å². The zero-order valence-electron chi connectivity index (χ0n) is 11.0. The highest BCUT2D eigenvalue weighted by Gasteiger charge is 2.09. The standard InChI is InChI=1S/C13H17NO4S/c1-4-9-19(16,17)14-11-5-7-12(8-6-11)18-13(15)10(2)3/h5-8,14H,2,4,9H2,1,3H3. The van der Waals surface area contributed by atoms with E-state index < -0.39 is 16.0 Å². The third-order valence-electron chi connectivity index (χ3n) is 2.16. The number of ether oxygens (including phenoxy) is 1. The topological polar surface area (TPSA) is 72.5 Å². The van der Waals surface area contributed by atoms with Crippen molar-refractivity contribution in [2.75, 3.05) is 10.5 Å². The average molecular weight is 283 g/mol. The Hall–Kier alpha value is -1.82. The molecule has 104 valence electrons. The molecule has 0 bridgehead atoms. The van der Waals surface area contributed by atoms with Gasteiger partial charge in [-0.05, 0) is 37.6 Å². The van der Waals surface area contributed by atoms with Crippen LogP contribution in [0.1, 0.15) is 20.3 Å².